The second-order valence-corrected chi connectivity index (χ2v) is 5.94. The molecule has 0 aliphatic rings. The molecule has 17 heavy (non-hydrogen) atoms. The molecule has 94 valence electrons. The fourth-order valence-electron chi connectivity index (χ4n) is 1.12. The topological polar surface area (TPSA) is 102 Å². The van der Waals surface area contributed by atoms with Crippen LogP contribution < -0.4 is 11.1 Å². The molecule has 1 heterocycles. The van der Waals surface area contributed by atoms with Gasteiger partial charge in [0, 0.05) is 0 Å². The molecule has 0 radical (unpaired) electrons. The molecule has 0 unspecified atom stereocenters. The SMILES string of the molecule is NC(=S)CS(=O)(=O)CC(=O)NCc1ccco1. The average Bonchev–Trinajstić information content (AvgIpc) is 2.63. The van der Waals surface area contributed by atoms with Crippen LogP contribution in [0.25, 0.3) is 0 Å². The molecule has 0 atom stereocenters. The molecule has 8 heteroatoms. The average molecular weight is 276 g/mol. The first kappa shape index (κ1) is 13.7. The number of nitrogens with two attached hydrogens (primary N) is 1. The van der Waals surface area contributed by atoms with Crippen molar-refractivity contribution in [3.63, 3.8) is 0 Å². The summed E-state index contributed by atoms with van der Waals surface area (Å²) in [6.07, 6.45) is 1.46. The van der Waals surface area contributed by atoms with Crippen molar-refractivity contribution in [2.75, 3.05) is 11.5 Å². The van der Waals surface area contributed by atoms with Gasteiger partial charge in [-0.2, -0.15) is 0 Å². The zero-order chi connectivity index (χ0) is 12.9. The summed E-state index contributed by atoms with van der Waals surface area (Å²) in [7, 11) is -3.58. The summed E-state index contributed by atoms with van der Waals surface area (Å²) in [5.74, 6) is -1.16. The van der Waals surface area contributed by atoms with Crippen molar-refractivity contribution in [2.24, 2.45) is 5.73 Å². The van der Waals surface area contributed by atoms with Gasteiger partial charge in [0.05, 0.1) is 17.8 Å². The van der Waals surface area contributed by atoms with Gasteiger partial charge in [-0.3, -0.25) is 4.79 Å². The van der Waals surface area contributed by atoms with Gasteiger partial charge in [0.15, 0.2) is 9.84 Å². The third kappa shape index (κ3) is 5.45. The van der Waals surface area contributed by atoms with Crippen LogP contribution in [0.2, 0.25) is 0 Å². The lowest BCUT2D eigenvalue weighted by Crippen LogP contribution is -2.33. The second kappa shape index (κ2) is 5.78. The van der Waals surface area contributed by atoms with Crippen molar-refractivity contribution in [3.8, 4) is 0 Å². The number of nitrogens with one attached hydrogen (secondary N) is 1. The smallest absolute Gasteiger partial charge is 0.235 e. The number of hydrogen-bond donors (Lipinski definition) is 2. The van der Waals surface area contributed by atoms with Crippen LogP contribution in [0, 0.1) is 0 Å². The summed E-state index contributed by atoms with van der Waals surface area (Å²) in [5.41, 5.74) is 5.11. The molecule has 0 fully saturated rings. The van der Waals surface area contributed by atoms with Crippen molar-refractivity contribution in [2.45, 2.75) is 6.54 Å². The van der Waals surface area contributed by atoms with Gasteiger partial charge in [-0.1, -0.05) is 12.2 Å². The van der Waals surface area contributed by atoms with Crippen LogP contribution >= 0.6 is 12.2 Å². The van der Waals surface area contributed by atoms with E-state index in [1.54, 1.807) is 12.1 Å². The summed E-state index contributed by atoms with van der Waals surface area (Å²) in [5, 5.41) is 2.42. The molecular formula is C9H12N2O4S2. The Hall–Kier alpha value is -1.41. The number of carbonyl (C=O) groups is 1. The van der Waals surface area contributed by atoms with Gasteiger partial charge < -0.3 is 15.5 Å². The summed E-state index contributed by atoms with van der Waals surface area (Å²) < 4.78 is 27.7. The van der Waals surface area contributed by atoms with Gasteiger partial charge in [0.2, 0.25) is 5.91 Å². The van der Waals surface area contributed by atoms with Crippen LogP contribution in [0.5, 0.6) is 0 Å². The molecule has 0 bridgehead atoms. The molecule has 0 saturated heterocycles. The monoisotopic (exact) mass is 276 g/mol. The third-order valence-corrected chi connectivity index (χ3v) is 3.53. The highest BCUT2D eigenvalue weighted by Gasteiger charge is 2.17. The van der Waals surface area contributed by atoms with Gasteiger partial charge in [-0.25, -0.2) is 8.42 Å². The minimum Gasteiger partial charge on any atom is -0.467 e. The van der Waals surface area contributed by atoms with Crippen molar-refractivity contribution in [3.05, 3.63) is 24.2 Å². The lowest BCUT2D eigenvalue weighted by atomic mass is 10.4. The van der Waals surface area contributed by atoms with E-state index >= 15 is 0 Å². The van der Waals surface area contributed by atoms with E-state index in [-0.39, 0.29) is 11.5 Å². The molecule has 1 rings (SSSR count). The molecule has 0 aliphatic carbocycles. The van der Waals surface area contributed by atoms with Gasteiger partial charge in [-0.15, -0.1) is 0 Å². The molecule has 1 amide bonds. The maximum absolute atomic E-state index is 11.4. The third-order valence-electron chi connectivity index (χ3n) is 1.75. The highest BCUT2D eigenvalue weighted by atomic mass is 32.2. The van der Waals surface area contributed by atoms with Crippen molar-refractivity contribution in [1.82, 2.24) is 5.32 Å². The van der Waals surface area contributed by atoms with Crippen LogP contribution in [0.4, 0.5) is 0 Å². The maximum atomic E-state index is 11.4. The Morgan fingerprint density at radius 1 is 1.47 bits per heavy atom. The summed E-state index contributed by atoms with van der Waals surface area (Å²) in [4.78, 5) is 11.2. The second-order valence-electron chi connectivity index (χ2n) is 3.35. The van der Waals surface area contributed by atoms with E-state index in [0.29, 0.717) is 5.76 Å². The molecule has 3 N–H and O–H groups in total. The summed E-state index contributed by atoms with van der Waals surface area (Å²) in [6, 6.07) is 3.34. The number of rotatable bonds is 6. The highest BCUT2D eigenvalue weighted by molar-refractivity contribution is 7.94. The van der Waals surface area contributed by atoms with Gasteiger partial charge in [-0.05, 0) is 12.1 Å². The van der Waals surface area contributed by atoms with Crippen molar-refractivity contribution >= 4 is 33.0 Å². The first-order chi connectivity index (χ1) is 7.89. The van der Waals surface area contributed by atoms with Gasteiger partial charge in [0.1, 0.15) is 17.3 Å². The quantitative estimate of drug-likeness (QED) is 0.685. The predicted molar refractivity (Wildman–Crippen MR) is 66.0 cm³/mol. The standard InChI is InChI=1S/C9H12N2O4S2/c10-8(16)5-17(13,14)6-9(12)11-4-7-2-1-3-15-7/h1-3H,4-6H2,(H2,10,16)(H,11,12). The van der Waals surface area contributed by atoms with E-state index in [2.05, 4.69) is 17.5 Å². The number of sulfone groups is 1. The van der Waals surface area contributed by atoms with Crippen molar-refractivity contribution < 1.29 is 17.6 Å². The molecule has 0 aromatic carbocycles. The minimum absolute atomic E-state index is 0.147. The van der Waals surface area contributed by atoms with E-state index in [0.717, 1.165) is 0 Å². The molecule has 0 aliphatic heterocycles. The zero-order valence-corrected chi connectivity index (χ0v) is 10.5. The molecule has 1 aromatic rings. The lowest BCUT2D eigenvalue weighted by molar-refractivity contribution is -0.118. The first-order valence-electron chi connectivity index (χ1n) is 4.67. The van der Waals surface area contributed by atoms with Crippen LogP contribution in [0.1, 0.15) is 5.76 Å². The fraction of sp³-hybridized carbons (Fsp3) is 0.333. The minimum atomic E-state index is -3.58. The molecule has 1 aromatic heterocycles. The van der Waals surface area contributed by atoms with E-state index in [9.17, 15) is 13.2 Å². The highest BCUT2D eigenvalue weighted by Crippen LogP contribution is 1.99. The summed E-state index contributed by atoms with van der Waals surface area (Å²) >= 11 is 4.48. The normalized spacial score (nSPS) is 11.1. The van der Waals surface area contributed by atoms with Gasteiger partial charge >= 0.3 is 0 Å². The Kier molecular flexibility index (Phi) is 4.64. The van der Waals surface area contributed by atoms with Crippen molar-refractivity contribution in [1.29, 1.82) is 0 Å². The van der Waals surface area contributed by atoms with Crippen LogP contribution in [-0.2, 0) is 21.2 Å². The predicted octanol–water partition coefficient (Wildman–Crippen LogP) is -0.403. The Morgan fingerprint density at radius 2 is 2.18 bits per heavy atom. The number of amides is 1. The van der Waals surface area contributed by atoms with E-state index < -0.39 is 27.3 Å². The largest absolute Gasteiger partial charge is 0.467 e. The number of hydrogen-bond acceptors (Lipinski definition) is 5. The molecule has 6 nitrogen and oxygen atoms in total. The Labute approximate surface area is 104 Å². The molecular weight excluding hydrogens is 264 g/mol. The Balaban J connectivity index is 2.42. The van der Waals surface area contributed by atoms with Crippen LogP contribution in [0.15, 0.2) is 22.8 Å². The maximum Gasteiger partial charge on any atom is 0.235 e. The van der Waals surface area contributed by atoms with Crippen LogP contribution in [0.3, 0.4) is 0 Å². The van der Waals surface area contributed by atoms with E-state index in [1.165, 1.54) is 6.26 Å². The number of furan rings is 1. The summed E-state index contributed by atoms with van der Waals surface area (Å²) in [6.45, 7) is 0.147. The number of thiocarbonyl (C=S) groups is 1. The molecule has 0 saturated carbocycles. The van der Waals surface area contributed by atoms with E-state index in [4.69, 9.17) is 10.2 Å². The Bertz CT molecular complexity index is 493. The molecule has 0 spiro atoms. The van der Waals surface area contributed by atoms with Crippen LogP contribution in [-0.4, -0.2) is 30.8 Å². The van der Waals surface area contributed by atoms with E-state index in [1.807, 2.05) is 0 Å². The fourth-order valence-corrected chi connectivity index (χ4v) is 2.69. The first-order valence-corrected chi connectivity index (χ1v) is 6.90. The lowest BCUT2D eigenvalue weighted by Gasteiger charge is -2.04. The Morgan fingerprint density at radius 3 is 2.71 bits per heavy atom. The number of carbonyl (C=O) groups excluding carboxylic acids is 1. The van der Waals surface area contributed by atoms with Gasteiger partial charge in [0.25, 0.3) is 0 Å². The zero-order valence-electron chi connectivity index (χ0n) is 8.88.